The average molecular weight is 167 g/mol. The van der Waals surface area contributed by atoms with Crippen LogP contribution in [0.4, 0.5) is 10.7 Å². The molecule has 12 heavy (non-hydrogen) atoms. The summed E-state index contributed by atoms with van der Waals surface area (Å²) in [4.78, 5) is 14.6. The van der Waals surface area contributed by atoms with E-state index in [0.717, 1.165) is 0 Å². The van der Waals surface area contributed by atoms with Crippen LogP contribution in [-0.2, 0) is 0 Å². The van der Waals surface area contributed by atoms with Crippen LogP contribution in [0.15, 0.2) is 18.6 Å². The summed E-state index contributed by atoms with van der Waals surface area (Å²) in [6.07, 6.45) is 4.54. The van der Waals surface area contributed by atoms with Crippen molar-refractivity contribution in [2.24, 2.45) is 0 Å². The van der Waals surface area contributed by atoms with E-state index >= 15 is 0 Å². The fourth-order valence-corrected chi connectivity index (χ4v) is 0.568. The first kappa shape index (κ1) is 8.25. The van der Waals surface area contributed by atoms with Gasteiger partial charge in [0.05, 0.1) is 0 Å². The molecule has 0 aliphatic carbocycles. The second-order valence-electron chi connectivity index (χ2n) is 1.93. The molecule has 0 atom stereocenters. The Morgan fingerprint density at radius 3 is 3.17 bits per heavy atom. The molecule has 0 fully saturated rings. The lowest BCUT2D eigenvalue weighted by atomic mass is 10.7. The van der Waals surface area contributed by atoms with E-state index in [1.165, 1.54) is 12.5 Å². The molecule has 0 aliphatic heterocycles. The highest BCUT2D eigenvalue weighted by atomic mass is 16.2. The van der Waals surface area contributed by atoms with Crippen molar-refractivity contribution in [2.45, 2.75) is 6.92 Å². The molecule has 0 saturated carbocycles. The van der Waals surface area contributed by atoms with Gasteiger partial charge in [0, 0.05) is 6.20 Å². The molecule has 0 aliphatic rings. The SMILES string of the molecule is C/C=C/NC(=O)Nc1ncn[nH]1. The zero-order valence-corrected chi connectivity index (χ0v) is 6.53. The van der Waals surface area contributed by atoms with E-state index in [0.29, 0.717) is 5.95 Å². The first-order chi connectivity index (χ1) is 5.83. The summed E-state index contributed by atoms with van der Waals surface area (Å²) in [6.45, 7) is 1.80. The van der Waals surface area contributed by atoms with Crippen LogP contribution >= 0.6 is 0 Å². The Labute approximate surface area is 69.1 Å². The predicted molar refractivity (Wildman–Crippen MR) is 43.4 cm³/mol. The second kappa shape index (κ2) is 4.12. The minimum absolute atomic E-state index is 0.317. The Balaban J connectivity index is 2.37. The number of urea groups is 1. The lowest BCUT2D eigenvalue weighted by Gasteiger charge is -1.98. The molecule has 0 bridgehead atoms. The minimum Gasteiger partial charge on any atom is -0.315 e. The van der Waals surface area contributed by atoms with Crippen molar-refractivity contribution >= 4 is 12.0 Å². The number of carbonyl (C=O) groups excluding carboxylic acids is 1. The quantitative estimate of drug-likeness (QED) is 0.598. The fraction of sp³-hybridized carbons (Fsp3) is 0.167. The number of allylic oxidation sites excluding steroid dienone is 1. The van der Waals surface area contributed by atoms with Gasteiger partial charge in [-0.25, -0.2) is 9.89 Å². The molecular weight excluding hydrogens is 158 g/mol. The Bertz CT molecular complexity index is 265. The maximum Gasteiger partial charge on any atom is 0.325 e. The van der Waals surface area contributed by atoms with E-state index in [4.69, 9.17) is 0 Å². The Kier molecular flexibility index (Phi) is 2.83. The molecule has 0 saturated heterocycles. The summed E-state index contributed by atoms with van der Waals surface area (Å²) in [5, 5.41) is 10.9. The third-order valence-corrected chi connectivity index (χ3v) is 1.03. The van der Waals surface area contributed by atoms with Gasteiger partial charge in [-0.05, 0) is 6.92 Å². The van der Waals surface area contributed by atoms with Crippen molar-refractivity contribution in [3.8, 4) is 0 Å². The maximum atomic E-state index is 10.9. The van der Waals surface area contributed by atoms with Crippen LogP contribution in [0.5, 0.6) is 0 Å². The first-order valence-corrected chi connectivity index (χ1v) is 3.37. The highest BCUT2D eigenvalue weighted by Gasteiger charge is 1.99. The fourth-order valence-electron chi connectivity index (χ4n) is 0.568. The number of aromatic amines is 1. The number of H-pyrrole nitrogens is 1. The molecule has 1 aromatic heterocycles. The molecule has 2 amide bonds. The molecule has 0 aromatic carbocycles. The molecule has 1 heterocycles. The van der Waals surface area contributed by atoms with E-state index in [1.807, 2.05) is 0 Å². The van der Waals surface area contributed by atoms with Crippen molar-refractivity contribution in [1.82, 2.24) is 20.5 Å². The van der Waals surface area contributed by atoms with Gasteiger partial charge in [0.15, 0.2) is 0 Å². The number of anilines is 1. The van der Waals surface area contributed by atoms with E-state index < -0.39 is 0 Å². The largest absolute Gasteiger partial charge is 0.325 e. The van der Waals surface area contributed by atoms with Crippen LogP contribution in [0.3, 0.4) is 0 Å². The first-order valence-electron chi connectivity index (χ1n) is 3.37. The topological polar surface area (TPSA) is 82.7 Å². The number of aromatic nitrogens is 3. The van der Waals surface area contributed by atoms with Gasteiger partial charge in [0.25, 0.3) is 0 Å². The number of nitrogens with zero attached hydrogens (tertiary/aromatic N) is 2. The average Bonchev–Trinajstić information content (AvgIpc) is 2.53. The Morgan fingerprint density at radius 1 is 1.75 bits per heavy atom. The number of rotatable bonds is 2. The summed E-state index contributed by atoms with van der Waals surface area (Å²) in [7, 11) is 0. The molecule has 1 aromatic rings. The summed E-state index contributed by atoms with van der Waals surface area (Å²) >= 11 is 0. The molecule has 6 heteroatoms. The second-order valence-corrected chi connectivity index (χ2v) is 1.93. The standard InChI is InChI=1S/C6H9N5O/c1-2-3-7-6(12)10-5-8-4-9-11-5/h2-4H,1H3,(H3,7,8,9,10,11,12)/b3-2+. The number of amides is 2. The Morgan fingerprint density at radius 2 is 2.58 bits per heavy atom. The van der Waals surface area contributed by atoms with Gasteiger partial charge in [-0.1, -0.05) is 6.08 Å². The summed E-state index contributed by atoms with van der Waals surface area (Å²) in [5.74, 6) is 0.317. The van der Waals surface area contributed by atoms with Crippen molar-refractivity contribution in [3.63, 3.8) is 0 Å². The highest BCUT2D eigenvalue weighted by Crippen LogP contribution is 1.90. The van der Waals surface area contributed by atoms with Gasteiger partial charge in [-0.2, -0.15) is 10.1 Å². The van der Waals surface area contributed by atoms with E-state index in [2.05, 4.69) is 25.8 Å². The summed E-state index contributed by atoms with van der Waals surface area (Å²) < 4.78 is 0. The number of nitrogens with one attached hydrogen (secondary N) is 3. The van der Waals surface area contributed by atoms with Crippen molar-refractivity contribution in [3.05, 3.63) is 18.6 Å². The van der Waals surface area contributed by atoms with Crippen LogP contribution in [0.2, 0.25) is 0 Å². The molecule has 0 spiro atoms. The van der Waals surface area contributed by atoms with Gasteiger partial charge < -0.3 is 5.32 Å². The van der Waals surface area contributed by atoms with E-state index in [9.17, 15) is 4.79 Å². The zero-order valence-electron chi connectivity index (χ0n) is 6.53. The Hall–Kier alpha value is -1.85. The minimum atomic E-state index is -0.357. The molecule has 6 nitrogen and oxygen atoms in total. The van der Waals surface area contributed by atoms with Gasteiger partial charge >= 0.3 is 6.03 Å². The molecule has 64 valence electrons. The summed E-state index contributed by atoms with van der Waals surface area (Å²) in [6, 6.07) is -0.357. The number of carbonyl (C=O) groups is 1. The lowest BCUT2D eigenvalue weighted by Crippen LogP contribution is -2.24. The van der Waals surface area contributed by atoms with Crippen molar-refractivity contribution in [1.29, 1.82) is 0 Å². The normalized spacial score (nSPS) is 10.1. The molecule has 1 rings (SSSR count). The van der Waals surface area contributed by atoms with Gasteiger partial charge in [-0.15, -0.1) is 0 Å². The molecular formula is C6H9N5O. The monoisotopic (exact) mass is 167 g/mol. The van der Waals surface area contributed by atoms with Gasteiger partial charge in [-0.3, -0.25) is 5.32 Å². The maximum absolute atomic E-state index is 10.9. The number of hydrogen-bond acceptors (Lipinski definition) is 3. The van der Waals surface area contributed by atoms with Crippen molar-refractivity contribution in [2.75, 3.05) is 5.32 Å². The zero-order chi connectivity index (χ0) is 8.81. The molecule has 0 unspecified atom stereocenters. The van der Waals surface area contributed by atoms with Crippen LogP contribution in [0.1, 0.15) is 6.92 Å². The third kappa shape index (κ3) is 2.41. The van der Waals surface area contributed by atoms with Crippen LogP contribution in [-0.4, -0.2) is 21.2 Å². The molecule has 0 radical (unpaired) electrons. The van der Waals surface area contributed by atoms with Gasteiger partial charge in [0.1, 0.15) is 6.33 Å². The third-order valence-electron chi connectivity index (χ3n) is 1.03. The van der Waals surface area contributed by atoms with Crippen LogP contribution < -0.4 is 10.6 Å². The molecule has 3 N–H and O–H groups in total. The predicted octanol–water partition coefficient (Wildman–Crippen LogP) is 0.460. The smallest absolute Gasteiger partial charge is 0.315 e. The van der Waals surface area contributed by atoms with Gasteiger partial charge in [0.2, 0.25) is 5.95 Å². The van der Waals surface area contributed by atoms with Crippen LogP contribution in [0.25, 0.3) is 0 Å². The van der Waals surface area contributed by atoms with E-state index in [-0.39, 0.29) is 6.03 Å². The summed E-state index contributed by atoms with van der Waals surface area (Å²) in [5.41, 5.74) is 0. The van der Waals surface area contributed by atoms with Crippen LogP contribution in [0, 0.1) is 0 Å². The highest BCUT2D eigenvalue weighted by molar-refractivity contribution is 5.87. The number of hydrogen-bond donors (Lipinski definition) is 3. The lowest BCUT2D eigenvalue weighted by molar-refractivity contribution is 0.255. The van der Waals surface area contributed by atoms with Crippen molar-refractivity contribution < 1.29 is 4.79 Å². The van der Waals surface area contributed by atoms with E-state index in [1.54, 1.807) is 13.0 Å².